The topological polar surface area (TPSA) is 67.2 Å². The second-order valence-electron chi connectivity index (χ2n) is 6.98. The van der Waals surface area contributed by atoms with Crippen molar-refractivity contribution in [2.75, 3.05) is 46.3 Å². The van der Waals surface area contributed by atoms with Crippen LogP contribution < -0.4 is 0 Å². The first-order valence-electron chi connectivity index (χ1n) is 8.94. The highest BCUT2D eigenvalue weighted by atomic mass is 16.3. The van der Waals surface area contributed by atoms with Crippen molar-refractivity contribution in [3.63, 3.8) is 0 Å². The predicted molar refractivity (Wildman–Crippen MR) is 97.5 cm³/mol. The molecule has 2 aliphatic heterocycles. The quantitative estimate of drug-likeness (QED) is 0.639. The molecule has 0 unspecified atom stereocenters. The van der Waals surface area contributed by atoms with Crippen LogP contribution in [0.3, 0.4) is 0 Å². The van der Waals surface area contributed by atoms with Crippen LogP contribution in [0.25, 0.3) is 6.08 Å². The largest absolute Gasteiger partial charge is 0.504 e. The summed E-state index contributed by atoms with van der Waals surface area (Å²) in [5, 5.41) is 18.8. The number of amides is 1. The summed E-state index contributed by atoms with van der Waals surface area (Å²) in [6, 6.07) is 5.18. The van der Waals surface area contributed by atoms with Crippen molar-refractivity contribution in [1.82, 2.24) is 14.7 Å². The van der Waals surface area contributed by atoms with Gasteiger partial charge in [0, 0.05) is 38.3 Å². The smallest absolute Gasteiger partial charge is 0.246 e. The zero-order valence-corrected chi connectivity index (χ0v) is 14.8. The maximum Gasteiger partial charge on any atom is 0.246 e. The molecule has 25 heavy (non-hydrogen) atoms. The van der Waals surface area contributed by atoms with E-state index in [0.29, 0.717) is 11.6 Å². The van der Waals surface area contributed by atoms with E-state index < -0.39 is 0 Å². The lowest BCUT2D eigenvalue weighted by Gasteiger charge is -2.42. The Morgan fingerprint density at radius 2 is 1.72 bits per heavy atom. The number of carbonyl (C=O) groups is 1. The summed E-state index contributed by atoms with van der Waals surface area (Å²) in [6.07, 6.45) is 5.64. The number of rotatable bonds is 3. The number of carbonyl (C=O) groups excluding carboxylic acids is 1. The Hall–Kier alpha value is -2.05. The third-order valence-corrected chi connectivity index (χ3v) is 5.25. The van der Waals surface area contributed by atoms with Crippen LogP contribution in [-0.4, -0.2) is 83.2 Å². The summed E-state index contributed by atoms with van der Waals surface area (Å²) in [7, 11) is 2.17. The molecule has 0 bridgehead atoms. The van der Waals surface area contributed by atoms with Crippen LogP contribution >= 0.6 is 0 Å². The fraction of sp³-hybridized carbons (Fsp3) is 0.526. The van der Waals surface area contributed by atoms with Gasteiger partial charge in [0.2, 0.25) is 5.91 Å². The first-order chi connectivity index (χ1) is 12.0. The lowest BCUT2D eigenvalue weighted by Crippen LogP contribution is -2.53. The molecule has 1 amide bonds. The molecule has 2 heterocycles. The Balaban J connectivity index is 1.49. The summed E-state index contributed by atoms with van der Waals surface area (Å²) in [4.78, 5) is 19.1. The van der Waals surface area contributed by atoms with Crippen LogP contribution in [0.15, 0.2) is 24.3 Å². The third kappa shape index (κ3) is 4.52. The zero-order chi connectivity index (χ0) is 17.8. The molecule has 0 radical (unpaired) electrons. The molecule has 0 saturated carbocycles. The van der Waals surface area contributed by atoms with Gasteiger partial charge in [0.25, 0.3) is 0 Å². The van der Waals surface area contributed by atoms with E-state index in [-0.39, 0.29) is 17.4 Å². The highest BCUT2D eigenvalue weighted by molar-refractivity contribution is 5.92. The molecule has 1 aromatic carbocycles. The molecule has 3 rings (SSSR count). The Labute approximate surface area is 149 Å². The van der Waals surface area contributed by atoms with Gasteiger partial charge in [-0.15, -0.1) is 0 Å². The Kier molecular flexibility index (Phi) is 5.60. The van der Waals surface area contributed by atoms with Crippen molar-refractivity contribution in [3.05, 3.63) is 29.8 Å². The summed E-state index contributed by atoms with van der Waals surface area (Å²) < 4.78 is 0. The van der Waals surface area contributed by atoms with Crippen molar-refractivity contribution in [2.45, 2.75) is 18.9 Å². The Morgan fingerprint density at radius 3 is 2.36 bits per heavy atom. The average molecular weight is 345 g/mol. The minimum Gasteiger partial charge on any atom is -0.504 e. The number of phenols is 2. The van der Waals surface area contributed by atoms with Crippen molar-refractivity contribution >= 4 is 12.0 Å². The monoisotopic (exact) mass is 345 g/mol. The second kappa shape index (κ2) is 7.89. The van der Waals surface area contributed by atoms with Gasteiger partial charge in [-0.3, -0.25) is 9.69 Å². The molecule has 1 aromatic rings. The van der Waals surface area contributed by atoms with E-state index in [2.05, 4.69) is 16.8 Å². The van der Waals surface area contributed by atoms with Gasteiger partial charge < -0.3 is 20.0 Å². The van der Waals surface area contributed by atoms with E-state index >= 15 is 0 Å². The van der Waals surface area contributed by atoms with Crippen molar-refractivity contribution in [2.24, 2.45) is 0 Å². The van der Waals surface area contributed by atoms with Gasteiger partial charge in [-0.05, 0) is 56.8 Å². The number of benzene rings is 1. The SMILES string of the molecule is CN1CCC(N2CCN(C(=O)C=Cc3ccc(O)c(O)c3)CC2)CC1. The summed E-state index contributed by atoms with van der Waals surface area (Å²) >= 11 is 0. The van der Waals surface area contributed by atoms with E-state index in [4.69, 9.17) is 0 Å². The second-order valence-corrected chi connectivity index (χ2v) is 6.98. The molecule has 0 spiro atoms. The van der Waals surface area contributed by atoms with Crippen LogP contribution in [0.4, 0.5) is 0 Å². The lowest BCUT2D eigenvalue weighted by molar-refractivity contribution is -0.128. The first kappa shape index (κ1) is 17.8. The number of hydrogen-bond acceptors (Lipinski definition) is 5. The number of aromatic hydroxyl groups is 2. The van der Waals surface area contributed by atoms with Gasteiger partial charge >= 0.3 is 0 Å². The standard InChI is InChI=1S/C19H27N3O3/c1-20-8-6-16(7-9-20)21-10-12-22(13-11-21)19(25)5-3-15-2-4-17(23)18(24)14-15/h2-5,14,16,23-24H,6-13H2,1H3. The van der Waals surface area contributed by atoms with Crippen LogP contribution in [-0.2, 0) is 4.79 Å². The minimum absolute atomic E-state index is 0.00408. The first-order valence-corrected chi connectivity index (χ1v) is 8.94. The van der Waals surface area contributed by atoms with Crippen LogP contribution in [0, 0.1) is 0 Å². The number of phenolic OH excluding ortho intramolecular Hbond substituents is 2. The molecule has 2 fully saturated rings. The number of nitrogens with zero attached hydrogens (tertiary/aromatic N) is 3. The normalized spacial score (nSPS) is 21.1. The number of piperazine rings is 1. The van der Waals surface area contributed by atoms with Gasteiger partial charge in [0.05, 0.1) is 0 Å². The summed E-state index contributed by atoms with van der Waals surface area (Å²) in [5.74, 6) is -0.342. The Morgan fingerprint density at radius 1 is 1.04 bits per heavy atom. The van der Waals surface area contributed by atoms with E-state index in [1.54, 1.807) is 12.1 Å². The maximum absolute atomic E-state index is 12.4. The van der Waals surface area contributed by atoms with Crippen molar-refractivity contribution in [1.29, 1.82) is 0 Å². The van der Waals surface area contributed by atoms with Gasteiger partial charge in [0.1, 0.15) is 0 Å². The van der Waals surface area contributed by atoms with E-state index in [9.17, 15) is 15.0 Å². The molecular weight excluding hydrogens is 318 g/mol. The van der Waals surface area contributed by atoms with Gasteiger partial charge in [-0.2, -0.15) is 0 Å². The Bertz CT molecular complexity index is 631. The van der Waals surface area contributed by atoms with E-state index in [0.717, 1.165) is 39.3 Å². The van der Waals surface area contributed by atoms with Crippen LogP contribution in [0.5, 0.6) is 11.5 Å². The molecule has 0 aromatic heterocycles. The minimum atomic E-state index is -0.179. The number of hydrogen-bond donors (Lipinski definition) is 2. The van der Waals surface area contributed by atoms with Crippen LogP contribution in [0.1, 0.15) is 18.4 Å². The van der Waals surface area contributed by atoms with Crippen LogP contribution in [0.2, 0.25) is 0 Å². The average Bonchev–Trinajstić information content (AvgIpc) is 2.63. The lowest BCUT2D eigenvalue weighted by atomic mass is 10.0. The zero-order valence-electron chi connectivity index (χ0n) is 14.8. The highest BCUT2D eigenvalue weighted by Gasteiger charge is 2.27. The number of piperidine rings is 1. The molecular formula is C19H27N3O3. The molecule has 0 aliphatic carbocycles. The molecule has 136 valence electrons. The fourth-order valence-electron chi connectivity index (χ4n) is 3.58. The maximum atomic E-state index is 12.4. The van der Waals surface area contributed by atoms with Gasteiger partial charge in [0.15, 0.2) is 11.5 Å². The highest BCUT2D eigenvalue weighted by Crippen LogP contribution is 2.25. The van der Waals surface area contributed by atoms with Gasteiger partial charge in [-0.25, -0.2) is 0 Å². The van der Waals surface area contributed by atoms with Crippen molar-refractivity contribution in [3.8, 4) is 11.5 Å². The fourth-order valence-corrected chi connectivity index (χ4v) is 3.58. The summed E-state index contributed by atoms with van der Waals surface area (Å²) in [6.45, 7) is 5.71. The number of likely N-dealkylation sites (tertiary alicyclic amines) is 1. The third-order valence-electron chi connectivity index (χ3n) is 5.25. The van der Waals surface area contributed by atoms with E-state index in [1.807, 2.05) is 4.90 Å². The molecule has 0 atom stereocenters. The molecule has 2 N–H and O–H groups in total. The van der Waals surface area contributed by atoms with Gasteiger partial charge in [-0.1, -0.05) is 6.07 Å². The molecule has 6 heteroatoms. The van der Waals surface area contributed by atoms with Crippen molar-refractivity contribution < 1.29 is 15.0 Å². The summed E-state index contributed by atoms with van der Waals surface area (Å²) in [5.41, 5.74) is 0.689. The molecule has 2 aliphatic rings. The van der Waals surface area contributed by atoms with E-state index in [1.165, 1.54) is 31.1 Å². The molecule has 6 nitrogen and oxygen atoms in total. The predicted octanol–water partition coefficient (Wildman–Crippen LogP) is 1.35. The molecule has 2 saturated heterocycles.